The summed E-state index contributed by atoms with van der Waals surface area (Å²) in [5.74, 6) is -0.551. The number of amides is 4. The van der Waals surface area contributed by atoms with Crippen LogP contribution in [-0.2, 0) is 9.63 Å². The minimum atomic E-state index is -4.32. The number of unbranched alkanes of at least 4 members (excludes halogenated alkanes) is 1. The molecule has 0 spiro atoms. The van der Waals surface area contributed by atoms with Crippen LogP contribution in [0.5, 0.6) is 0 Å². The van der Waals surface area contributed by atoms with E-state index in [4.69, 9.17) is 4.84 Å². The molecule has 2 atom stereocenters. The second kappa shape index (κ2) is 10.9. The molecule has 0 bridgehead atoms. The molecule has 0 N–H and O–H groups in total. The van der Waals surface area contributed by atoms with Crippen molar-refractivity contribution in [1.29, 1.82) is 0 Å². The molecule has 12 heteroatoms. The lowest BCUT2D eigenvalue weighted by atomic mass is 9.93. The highest BCUT2D eigenvalue weighted by Gasteiger charge is 2.51. The minimum Gasteiger partial charge on any atom is -0.309 e. The van der Waals surface area contributed by atoms with Crippen molar-refractivity contribution in [2.24, 2.45) is 0 Å². The maximum atomic E-state index is 13.1. The first-order valence-corrected chi connectivity index (χ1v) is 12.8. The third-order valence-electron chi connectivity index (χ3n) is 7.67. The Labute approximate surface area is 204 Å². The number of imide groups is 1. The van der Waals surface area contributed by atoms with Crippen LogP contribution in [0.4, 0.5) is 22.8 Å². The molecule has 0 aromatic rings. The van der Waals surface area contributed by atoms with Crippen LogP contribution in [0.2, 0.25) is 0 Å². The predicted octanol–water partition coefficient (Wildman–Crippen LogP) is 3.06. The van der Waals surface area contributed by atoms with Crippen LogP contribution in [0.1, 0.15) is 58.3 Å². The number of urea groups is 1. The molecule has 4 fully saturated rings. The van der Waals surface area contributed by atoms with Crippen molar-refractivity contribution >= 4 is 18.0 Å². The normalized spacial score (nSPS) is 27.5. The maximum Gasteiger partial charge on any atom is 0.435 e. The molecule has 3 saturated heterocycles. The number of alkyl halides is 3. The third kappa shape index (κ3) is 6.02. The largest absolute Gasteiger partial charge is 0.435 e. The summed E-state index contributed by atoms with van der Waals surface area (Å²) in [4.78, 5) is 50.7. The van der Waals surface area contributed by atoms with E-state index in [9.17, 15) is 27.6 Å². The maximum absolute atomic E-state index is 13.1. The number of carbonyl (C=O) groups is 3. The number of rotatable bonds is 6. The van der Waals surface area contributed by atoms with Crippen molar-refractivity contribution in [2.45, 2.75) is 82.6 Å². The first-order valence-electron chi connectivity index (χ1n) is 12.8. The monoisotopic (exact) mass is 503 g/mol. The molecular formula is C23H36F3N5O4. The minimum absolute atomic E-state index is 0.0438. The zero-order valence-corrected chi connectivity index (χ0v) is 20.3. The average molecular weight is 504 g/mol. The lowest BCUT2D eigenvalue weighted by Gasteiger charge is -2.41. The van der Waals surface area contributed by atoms with Gasteiger partial charge in [-0.15, -0.1) is 0 Å². The number of carbonyl (C=O) groups excluding carboxylic acids is 3. The Hall–Kier alpha value is -2.08. The molecule has 4 rings (SSSR count). The van der Waals surface area contributed by atoms with E-state index in [0.717, 1.165) is 25.7 Å². The fourth-order valence-corrected chi connectivity index (χ4v) is 5.83. The van der Waals surface area contributed by atoms with Crippen LogP contribution >= 0.6 is 0 Å². The van der Waals surface area contributed by atoms with Gasteiger partial charge in [0.2, 0.25) is 0 Å². The highest BCUT2D eigenvalue weighted by molar-refractivity contribution is 6.04. The standard InChI is InChI=1S/C23H36F3N5O4/c1-2-3-7-18-14-27(16-23(24,25)26)10-12-29(18)22(34)35-31-20(32)19-15-28(11-13-30(19)21(31)33)17-8-5-4-6-9-17/h17-19H,2-16H2,1H3. The van der Waals surface area contributed by atoms with Gasteiger partial charge in [0.25, 0.3) is 5.91 Å². The molecular weight excluding hydrogens is 467 g/mol. The van der Waals surface area contributed by atoms with E-state index in [1.165, 1.54) is 34.0 Å². The first kappa shape index (κ1) is 26.0. The molecule has 0 aromatic heterocycles. The highest BCUT2D eigenvalue weighted by Crippen LogP contribution is 2.29. The number of hydrogen-bond donors (Lipinski definition) is 0. The van der Waals surface area contributed by atoms with E-state index in [1.807, 2.05) is 6.92 Å². The van der Waals surface area contributed by atoms with Crippen LogP contribution in [0, 0.1) is 0 Å². The van der Waals surface area contributed by atoms with Gasteiger partial charge in [-0.3, -0.25) is 14.6 Å². The van der Waals surface area contributed by atoms with Crippen molar-refractivity contribution in [3.63, 3.8) is 0 Å². The number of hydrogen-bond acceptors (Lipinski definition) is 6. The van der Waals surface area contributed by atoms with E-state index in [1.54, 1.807) is 0 Å². The number of fused-ring (bicyclic) bond motifs is 1. The molecule has 9 nitrogen and oxygen atoms in total. The van der Waals surface area contributed by atoms with Gasteiger partial charge >= 0.3 is 18.3 Å². The van der Waals surface area contributed by atoms with Crippen molar-refractivity contribution in [3.05, 3.63) is 0 Å². The SMILES string of the molecule is CCCCC1CN(CC(F)(F)F)CCN1C(=O)ON1C(=O)C2CN(C3CCCCC3)CCN2C1=O. The van der Waals surface area contributed by atoms with Gasteiger partial charge in [-0.05, 0) is 19.3 Å². The Morgan fingerprint density at radius 1 is 1.03 bits per heavy atom. The Kier molecular flexibility index (Phi) is 8.09. The first-order chi connectivity index (χ1) is 16.7. The summed E-state index contributed by atoms with van der Waals surface area (Å²) in [5.41, 5.74) is 0. The van der Waals surface area contributed by atoms with Crippen molar-refractivity contribution in [1.82, 2.24) is 24.7 Å². The Morgan fingerprint density at radius 3 is 2.46 bits per heavy atom. The van der Waals surface area contributed by atoms with Crippen LogP contribution in [-0.4, -0.2) is 113 Å². The quantitative estimate of drug-likeness (QED) is 0.519. The summed E-state index contributed by atoms with van der Waals surface area (Å²) >= 11 is 0. The molecule has 3 aliphatic heterocycles. The number of hydroxylamine groups is 2. The van der Waals surface area contributed by atoms with E-state index >= 15 is 0 Å². The molecule has 2 unspecified atom stereocenters. The highest BCUT2D eigenvalue weighted by atomic mass is 19.4. The van der Waals surface area contributed by atoms with Crippen molar-refractivity contribution in [3.8, 4) is 0 Å². The van der Waals surface area contributed by atoms with Gasteiger partial charge < -0.3 is 14.6 Å². The Balaban J connectivity index is 1.38. The van der Waals surface area contributed by atoms with Crippen LogP contribution in [0.25, 0.3) is 0 Å². The summed E-state index contributed by atoms with van der Waals surface area (Å²) < 4.78 is 38.7. The molecule has 198 valence electrons. The Morgan fingerprint density at radius 2 is 1.77 bits per heavy atom. The summed E-state index contributed by atoms with van der Waals surface area (Å²) in [6.45, 7) is 2.60. The molecule has 1 saturated carbocycles. The number of halogens is 3. The lowest BCUT2D eigenvalue weighted by Crippen LogP contribution is -2.57. The fourth-order valence-electron chi connectivity index (χ4n) is 5.83. The van der Waals surface area contributed by atoms with Gasteiger partial charge in [0.15, 0.2) is 0 Å². The van der Waals surface area contributed by atoms with Crippen LogP contribution in [0.15, 0.2) is 0 Å². The van der Waals surface area contributed by atoms with E-state index < -0.39 is 42.8 Å². The second-order valence-corrected chi connectivity index (χ2v) is 10.1. The van der Waals surface area contributed by atoms with Crippen LogP contribution in [0.3, 0.4) is 0 Å². The fraction of sp³-hybridized carbons (Fsp3) is 0.870. The Bertz CT molecular complexity index is 792. The summed E-state index contributed by atoms with van der Waals surface area (Å²) in [6, 6.07) is -1.38. The van der Waals surface area contributed by atoms with Gasteiger partial charge in [0.05, 0.1) is 6.54 Å². The molecule has 4 amide bonds. The number of piperazine rings is 2. The van der Waals surface area contributed by atoms with Crippen LogP contribution < -0.4 is 0 Å². The second-order valence-electron chi connectivity index (χ2n) is 10.1. The van der Waals surface area contributed by atoms with Gasteiger partial charge in [0, 0.05) is 51.4 Å². The van der Waals surface area contributed by atoms with Gasteiger partial charge in [-0.1, -0.05) is 44.1 Å². The zero-order valence-electron chi connectivity index (χ0n) is 20.3. The van der Waals surface area contributed by atoms with Gasteiger partial charge in [0.1, 0.15) is 6.04 Å². The predicted molar refractivity (Wildman–Crippen MR) is 120 cm³/mol. The van der Waals surface area contributed by atoms with Gasteiger partial charge in [-0.2, -0.15) is 13.2 Å². The number of nitrogens with zero attached hydrogens (tertiary/aromatic N) is 5. The zero-order chi connectivity index (χ0) is 25.2. The van der Waals surface area contributed by atoms with Crippen molar-refractivity contribution < 1.29 is 32.4 Å². The summed E-state index contributed by atoms with van der Waals surface area (Å²) in [7, 11) is 0. The molecule has 4 aliphatic rings. The van der Waals surface area contributed by atoms with E-state index in [0.29, 0.717) is 37.2 Å². The third-order valence-corrected chi connectivity index (χ3v) is 7.67. The molecule has 0 radical (unpaired) electrons. The average Bonchev–Trinajstić information content (AvgIpc) is 3.06. The topological polar surface area (TPSA) is 76.6 Å². The molecule has 1 aliphatic carbocycles. The summed E-state index contributed by atoms with van der Waals surface area (Å²) in [6.07, 6.45) is 2.66. The summed E-state index contributed by atoms with van der Waals surface area (Å²) in [5, 5.41) is 0.566. The molecule has 0 aromatic carbocycles. The smallest absolute Gasteiger partial charge is 0.309 e. The van der Waals surface area contributed by atoms with E-state index in [2.05, 4.69) is 4.90 Å². The van der Waals surface area contributed by atoms with Gasteiger partial charge in [-0.25, -0.2) is 9.59 Å². The lowest BCUT2D eigenvalue weighted by molar-refractivity contribution is -0.158. The molecule has 3 heterocycles. The molecule has 35 heavy (non-hydrogen) atoms. The van der Waals surface area contributed by atoms with E-state index in [-0.39, 0.29) is 19.6 Å². The van der Waals surface area contributed by atoms with Crippen molar-refractivity contribution in [2.75, 3.05) is 45.8 Å².